The molecule has 0 aliphatic heterocycles. The molecule has 0 fully saturated rings. The van der Waals surface area contributed by atoms with Crippen molar-refractivity contribution in [2.75, 3.05) is 26.4 Å². The van der Waals surface area contributed by atoms with Crippen molar-refractivity contribution in [1.29, 1.82) is 0 Å². The van der Waals surface area contributed by atoms with E-state index in [1.165, 1.54) is 12.1 Å². The molecule has 0 saturated carbocycles. The van der Waals surface area contributed by atoms with Crippen LogP contribution in [0.1, 0.15) is 22.2 Å². The molecular formula is C15H18FN3O2. The lowest BCUT2D eigenvalue weighted by atomic mass is 10.1. The first-order chi connectivity index (χ1) is 9.99. The highest BCUT2D eigenvalue weighted by molar-refractivity contribution is 5.94. The SMILES string of the molecule is CN(C)C(CNC(=O)c1ccc(N)c(F)c1)c1ccco1. The third kappa shape index (κ3) is 3.61. The Morgan fingerprint density at radius 2 is 2.19 bits per heavy atom. The first kappa shape index (κ1) is 15.1. The average Bonchev–Trinajstić information content (AvgIpc) is 2.95. The third-order valence-electron chi connectivity index (χ3n) is 3.21. The zero-order valence-electron chi connectivity index (χ0n) is 12.0. The zero-order chi connectivity index (χ0) is 15.4. The maximum atomic E-state index is 13.4. The fourth-order valence-corrected chi connectivity index (χ4v) is 1.98. The summed E-state index contributed by atoms with van der Waals surface area (Å²) in [6, 6.07) is 7.54. The zero-order valence-corrected chi connectivity index (χ0v) is 12.0. The number of anilines is 1. The molecule has 3 N–H and O–H groups in total. The van der Waals surface area contributed by atoms with Gasteiger partial charge in [-0.05, 0) is 44.4 Å². The van der Waals surface area contributed by atoms with Gasteiger partial charge >= 0.3 is 0 Å². The topological polar surface area (TPSA) is 71.5 Å². The van der Waals surface area contributed by atoms with Gasteiger partial charge in [0.25, 0.3) is 5.91 Å². The van der Waals surface area contributed by atoms with Crippen LogP contribution in [0.15, 0.2) is 41.0 Å². The van der Waals surface area contributed by atoms with Gasteiger partial charge < -0.3 is 15.5 Å². The summed E-state index contributed by atoms with van der Waals surface area (Å²) >= 11 is 0. The predicted octanol–water partition coefficient (Wildman–Crippen LogP) is 2.03. The molecule has 0 aliphatic rings. The predicted molar refractivity (Wildman–Crippen MR) is 78.3 cm³/mol. The summed E-state index contributed by atoms with van der Waals surface area (Å²) in [5.74, 6) is -0.200. The van der Waals surface area contributed by atoms with Crippen LogP contribution in [0, 0.1) is 5.82 Å². The Morgan fingerprint density at radius 1 is 1.43 bits per heavy atom. The molecule has 2 aromatic rings. The van der Waals surface area contributed by atoms with Crippen LogP contribution in [-0.2, 0) is 0 Å². The van der Waals surface area contributed by atoms with Gasteiger partial charge in [0, 0.05) is 12.1 Å². The third-order valence-corrected chi connectivity index (χ3v) is 3.21. The minimum absolute atomic E-state index is 0.0216. The normalized spacial score (nSPS) is 12.4. The van der Waals surface area contributed by atoms with E-state index in [1.54, 1.807) is 12.3 Å². The Labute approximate surface area is 122 Å². The molecule has 1 aromatic heterocycles. The van der Waals surface area contributed by atoms with E-state index in [4.69, 9.17) is 10.2 Å². The van der Waals surface area contributed by atoms with Crippen LogP contribution < -0.4 is 11.1 Å². The smallest absolute Gasteiger partial charge is 0.251 e. The van der Waals surface area contributed by atoms with E-state index in [0.29, 0.717) is 6.54 Å². The van der Waals surface area contributed by atoms with Gasteiger partial charge in [0.05, 0.1) is 18.0 Å². The van der Waals surface area contributed by atoms with Crippen LogP contribution >= 0.6 is 0 Å². The van der Waals surface area contributed by atoms with Crippen LogP contribution in [0.3, 0.4) is 0 Å². The number of benzene rings is 1. The van der Waals surface area contributed by atoms with Crippen LogP contribution in [0.5, 0.6) is 0 Å². The molecule has 0 radical (unpaired) electrons. The number of nitrogens with zero attached hydrogens (tertiary/aromatic N) is 1. The average molecular weight is 291 g/mol. The monoisotopic (exact) mass is 291 g/mol. The molecule has 0 bridgehead atoms. The van der Waals surface area contributed by atoms with E-state index in [9.17, 15) is 9.18 Å². The fraction of sp³-hybridized carbons (Fsp3) is 0.267. The van der Waals surface area contributed by atoms with E-state index in [1.807, 2.05) is 25.1 Å². The Kier molecular flexibility index (Phi) is 4.59. The van der Waals surface area contributed by atoms with Gasteiger partial charge in [-0.3, -0.25) is 9.69 Å². The number of furan rings is 1. The number of carbonyl (C=O) groups is 1. The van der Waals surface area contributed by atoms with E-state index in [-0.39, 0.29) is 23.2 Å². The molecule has 1 aromatic carbocycles. The summed E-state index contributed by atoms with van der Waals surface area (Å²) in [6.07, 6.45) is 1.59. The van der Waals surface area contributed by atoms with Crippen molar-refractivity contribution < 1.29 is 13.6 Å². The van der Waals surface area contributed by atoms with Crippen LogP contribution in [0.25, 0.3) is 0 Å². The number of hydrogen-bond acceptors (Lipinski definition) is 4. The number of hydrogen-bond donors (Lipinski definition) is 2. The van der Waals surface area contributed by atoms with Crippen LogP contribution in [0.4, 0.5) is 10.1 Å². The minimum Gasteiger partial charge on any atom is -0.468 e. The quantitative estimate of drug-likeness (QED) is 0.827. The number of carbonyl (C=O) groups excluding carboxylic acids is 1. The van der Waals surface area contributed by atoms with Crippen molar-refractivity contribution in [3.63, 3.8) is 0 Å². The van der Waals surface area contributed by atoms with Crippen molar-refractivity contribution in [3.8, 4) is 0 Å². The van der Waals surface area contributed by atoms with Crippen molar-refractivity contribution >= 4 is 11.6 Å². The molecule has 1 heterocycles. The highest BCUT2D eigenvalue weighted by Gasteiger charge is 2.18. The fourth-order valence-electron chi connectivity index (χ4n) is 1.98. The summed E-state index contributed by atoms with van der Waals surface area (Å²) in [7, 11) is 3.78. The number of rotatable bonds is 5. The lowest BCUT2D eigenvalue weighted by molar-refractivity contribution is 0.0938. The van der Waals surface area contributed by atoms with Gasteiger partial charge in [-0.15, -0.1) is 0 Å². The van der Waals surface area contributed by atoms with Gasteiger partial charge in [-0.2, -0.15) is 0 Å². The Bertz CT molecular complexity index is 611. The summed E-state index contributed by atoms with van der Waals surface area (Å²) in [5, 5.41) is 2.77. The number of nitrogens with one attached hydrogen (secondary N) is 1. The van der Waals surface area contributed by atoms with Crippen LogP contribution in [0.2, 0.25) is 0 Å². The molecular weight excluding hydrogens is 273 g/mol. The highest BCUT2D eigenvalue weighted by atomic mass is 19.1. The summed E-state index contributed by atoms with van der Waals surface area (Å²) in [5.41, 5.74) is 5.65. The van der Waals surface area contributed by atoms with E-state index in [0.717, 1.165) is 11.8 Å². The van der Waals surface area contributed by atoms with E-state index >= 15 is 0 Å². The minimum atomic E-state index is -0.599. The van der Waals surface area contributed by atoms with Gasteiger partial charge in [-0.25, -0.2) is 4.39 Å². The van der Waals surface area contributed by atoms with Crippen molar-refractivity contribution in [2.24, 2.45) is 0 Å². The molecule has 1 atom stereocenters. The van der Waals surface area contributed by atoms with Gasteiger partial charge in [0.15, 0.2) is 0 Å². The molecule has 6 heteroatoms. The van der Waals surface area contributed by atoms with E-state index in [2.05, 4.69) is 5.32 Å². The first-order valence-electron chi connectivity index (χ1n) is 6.52. The standard InChI is InChI=1S/C15H18FN3O2/c1-19(2)13(14-4-3-7-21-14)9-18-15(20)10-5-6-12(17)11(16)8-10/h3-8,13H,9,17H2,1-2H3,(H,18,20). The number of halogens is 1. The number of amides is 1. The number of nitrogen functional groups attached to an aromatic ring is 1. The molecule has 5 nitrogen and oxygen atoms in total. The summed E-state index contributed by atoms with van der Waals surface area (Å²) in [4.78, 5) is 14.0. The van der Waals surface area contributed by atoms with Gasteiger partial charge in [0.2, 0.25) is 0 Å². The highest BCUT2D eigenvalue weighted by Crippen LogP contribution is 2.18. The van der Waals surface area contributed by atoms with Gasteiger partial charge in [-0.1, -0.05) is 0 Å². The lowest BCUT2D eigenvalue weighted by Gasteiger charge is -2.22. The Balaban J connectivity index is 2.03. The molecule has 1 unspecified atom stereocenters. The Morgan fingerprint density at radius 3 is 2.76 bits per heavy atom. The maximum absolute atomic E-state index is 13.4. The summed E-state index contributed by atoms with van der Waals surface area (Å²) < 4.78 is 18.7. The Hall–Kier alpha value is -2.34. The second-order valence-corrected chi connectivity index (χ2v) is 4.94. The van der Waals surface area contributed by atoms with E-state index < -0.39 is 5.82 Å². The molecule has 112 valence electrons. The molecule has 21 heavy (non-hydrogen) atoms. The molecule has 2 rings (SSSR count). The largest absolute Gasteiger partial charge is 0.468 e. The maximum Gasteiger partial charge on any atom is 0.251 e. The molecule has 1 amide bonds. The lowest BCUT2D eigenvalue weighted by Crippen LogP contribution is -2.34. The van der Waals surface area contributed by atoms with Crippen molar-refractivity contribution in [1.82, 2.24) is 10.2 Å². The second kappa shape index (κ2) is 6.41. The van der Waals surface area contributed by atoms with Gasteiger partial charge in [0.1, 0.15) is 11.6 Å². The van der Waals surface area contributed by atoms with Crippen molar-refractivity contribution in [2.45, 2.75) is 6.04 Å². The summed E-state index contributed by atoms with van der Waals surface area (Å²) in [6.45, 7) is 0.353. The second-order valence-electron chi connectivity index (χ2n) is 4.94. The molecule has 0 saturated heterocycles. The first-order valence-corrected chi connectivity index (χ1v) is 6.52. The van der Waals surface area contributed by atoms with Crippen molar-refractivity contribution in [3.05, 3.63) is 53.7 Å². The number of likely N-dealkylation sites (N-methyl/N-ethyl adjacent to an activating group) is 1. The number of nitrogens with two attached hydrogens (primary N) is 1. The van der Waals surface area contributed by atoms with Crippen LogP contribution in [-0.4, -0.2) is 31.4 Å². The molecule has 0 spiro atoms. The molecule has 0 aliphatic carbocycles.